The van der Waals surface area contributed by atoms with Crippen LogP contribution in [0.2, 0.25) is 0 Å². The topological polar surface area (TPSA) is 23.5 Å². The maximum absolute atomic E-state index is 9.28. The number of hydrogen-bond acceptors (Lipinski definition) is 2. The van der Waals surface area contributed by atoms with Crippen LogP contribution in [0, 0.1) is 5.41 Å². The van der Waals surface area contributed by atoms with E-state index in [1.165, 1.54) is 38.8 Å². The van der Waals surface area contributed by atoms with E-state index in [9.17, 15) is 5.11 Å². The minimum Gasteiger partial charge on any atom is -0.392 e. The fourth-order valence-electron chi connectivity index (χ4n) is 2.91. The van der Waals surface area contributed by atoms with E-state index in [-0.39, 0.29) is 6.10 Å². The number of rotatable bonds is 6. The summed E-state index contributed by atoms with van der Waals surface area (Å²) >= 11 is 0. The van der Waals surface area contributed by atoms with Crippen molar-refractivity contribution < 1.29 is 5.11 Å². The lowest BCUT2D eigenvalue weighted by atomic mass is 9.72. The van der Waals surface area contributed by atoms with Crippen molar-refractivity contribution in [3.8, 4) is 0 Å². The van der Waals surface area contributed by atoms with Gasteiger partial charge in [0.25, 0.3) is 0 Å². The van der Waals surface area contributed by atoms with Gasteiger partial charge in [0.05, 0.1) is 6.10 Å². The highest BCUT2D eigenvalue weighted by atomic mass is 16.3. The molecule has 1 aliphatic heterocycles. The minimum atomic E-state index is -0.170. The summed E-state index contributed by atoms with van der Waals surface area (Å²) in [6.45, 7) is 9.69. The summed E-state index contributed by atoms with van der Waals surface area (Å²) in [5.41, 5.74) is 0.596. The molecule has 0 aromatic rings. The molecule has 2 nitrogen and oxygen atoms in total. The molecule has 1 atom stereocenters. The van der Waals surface area contributed by atoms with E-state index in [2.05, 4.69) is 18.7 Å². The van der Waals surface area contributed by atoms with Gasteiger partial charge in [-0.3, -0.25) is 4.90 Å². The Hall–Kier alpha value is -0.0800. The predicted molar refractivity (Wildman–Crippen MR) is 60.4 cm³/mol. The zero-order valence-electron chi connectivity index (χ0n) is 9.92. The fraction of sp³-hybridized carbons (Fsp3) is 1.00. The van der Waals surface area contributed by atoms with Gasteiger partial charge in [0.15, 0.2) is 0 Å². The normalized spacial score (nSPS) is 23.1. The minimum absolute atomic E-state index is 0.170. The van der Waals surface area contributed by atoms with Crippen LogP contribution in [0.25, 0.3) is 0 Å². The van der Waals surface area contributed by atoms with Gasteiger partial charge in [-0.15, -0.1) is 0 Å². The molecule has 1 rings (SSSR count). The molecule has 0 aliphatic carbocycles. The van der Waals surface area contributed by atoms with Gasteiger partial charge in [-0.1, -0.05) is 26.7 Å². The molecule has 0 aromatic carbocycles. The number of β-amino-alcohol motifs (C(OH)–C–C–N with tert-alkyl or cyclic N) is 1. The Balaban J connectivity index is 2.31. The molecule has 0 aromatic heterocycles. The van der Waals surface area contributed by atoms with Gasteiger partial charge in [0.1, 0.15) is 0 Å². The van der Waals surface area contributed by atoms with Crippen molar-refractivity contribution in [1.29, 1.82) is 0 Å². The third-order valence-corrected chi connectivity index (χ3v) is 3.20. The maximum atomic E-state index is 9.28. The van der Waals surface area contributed by atoms with Crippen LogP contribution in [-0.2, 0) is 0 Å². The first-order valence-electron chi connectivity index (χ1n) is 6.02. The first kappa shape index (κ1) is 12.0. The summed E-state index contributed by atoms with van der Waals surface area (Å²) in [6, 6.07) is 0. The third kappa shape index (κ3) is 2.96. The van der Waals surface area contributed by atoms with Gasteiger partial charge in [0.2, 0.25) is 0 Å². The summed E-state index contributed by atoms with van der Waals surface area (Å²) in [7, 11) is 0. The first-order valence-corrected chi connectivity index (χ1v) is 6.02. The largest absolute Gasteiger partial charge is 0.392 e. The lowest BCUT2D eigenvalue weighted by molar-refractivity contribution is -0.0358. The van der Waals surface area contributed by atoms with Crippen LogP contribution in [0.3, 0.4) is 0 Å². The van der Waals surface area contributed by atoms with Gasteiger partial charge in [0, 0.05) is 19.6 Å². The fourth-order valence-corrected chi connectivity index (χ4v) is 2.91. The average Bonchev–Trinajstić information content (AvgIpc) is 2.01. The van der Waals surface area contributed by atoms with Crippen LogP contribution in [0.15, 0.2) is 0 Å². The van der Waals surface area contributed by atoms with Crippen molar-refractivity contribution in [3.63, 3.8) is 0 Å². The van der Waals surface area contributed by atoms with Crippen molar-refractivity contribution in [2.24, 2.45) is 5.41 Å². The van der Waals surface area contributed by atoms with E-state index in [0.717, 1.165) is 6.54 Å². The number of aliphatic hydroxyl groups excluding tert-OH is 1. The second-order valence-electron chi connectivity index (χ2n) is 5.02. The summed E-state index contributed by atoms with van der Waals surface area (Å²) in [4.78, 5) is 2.38. The molecule has 1 heterocycles. The van der Waals surface area contributed by atoms with Gasteiger partial charge in [-0.25, -0.2) is 0 Å². The summed E-state index contributed by atoms with van der Waals surface area (Å²) in [5.74, 6) is 0. The highest BCUT2D eigenvalue weighted by Crippen LogP contribution is 2.39. The lowest BCUT2D eigenvalue weighted by Gasteiger charge is -2.51. The highest BCUT2D eigenvalue weighted by Gasteiger charge is 2.40. The highest BCUT2D eigenvalue weighted by molar-refractivity contribution is 4.94. The van der Waals surface area contributed by atoms with Crippen LogP contribution in [-0.4, -0.2) is 35.7 Å². The molecule has 1 N–H and O–H groups in total. The van der Waals surface area contributed by atoms with Gasteiger partial charge >= 0.3 is 0 Å². The van der Waals surface area contributed by atoms with E-state index in [4.69, 9.17) is 0 Å². The number of nitrogens with zero attached hydrogens (tertiary/aromatic N) is 1. The van der Waals surface area contributed by atoms with Crippen molar-refractivity contribution in [2.75, 3.05) is 19.6 Å². The van der Waals surface area contributed by atoms with E-state index in [1.54, 1.807) is 0 Å². The first-order chi connectivity index (χ1) is 6.62. The molecule has 1 aliphatic rings. The molecule has 1 saturated heterocycles. The van der Waals surface area contributed by atoms with Gasteiger partial charge in [-0.2, -0.15) is 0 Å². The molecule has 14 heavy (non-hydrogen) atoms. The lowest BCUT2D eigenvalue weighted by Crippen LogP contribution is -2.57. The standard InChI is InChI=1S/C12H25NO/c1-4-6-12(7-5-2)9-13(10-12)8-11(3)14/h11,14H,4-10H2,1-3H3. The van der Waals surface area contributed by atoms with Crippen LogP contribution < -0.4 is 0 Å². The van der Waals surface area contributed by atoms with Crippen molar-refractivity contribution in [1.82, 2.24) is 4.90 Å². The molecule has 2 heteroatoms. The molecule has 1 fully saturated rings. The predicted octanol–water partition coefficient (Wildman–Crippen LogP) is 2.27. The summed E-state index contributed by atoms with van der Waals surface area (Å²) in [6.07, 6.45) is 5.13. The van der Waals surface area contributed by atoms with Crippen molar-refractivity contribution in [2.45, 2.75) is 52.6 Å². The molecular formula is C12H25NO. The Labute approximate surface area is 88.3 Å². The number of likely N-dealkylation sites (tertiary alicyclic amines) is 1. The second-order valence-corrected chi connectivity index (χ2v) is 5.02. The molecule has 0 radical (unpaired) electrons. The summed E-state index contributed by atoms with van der Waals surface area (Å²) < 4.78 is 0. The maximum Gasteiger partial charge on any atom is 0.0639 e. The van der Waals surface area contributed by atoms with Gasteiger partial charge in [-0.05, 0) is 25.2 Å². The quantitative estimate of drug-likeness (QED) is 0.709. The Kier molecular flexibility index (Phi) is 4.39. The van der Waals surface area contributed by atoms with Crippen LogP contribution in [0.4, 0.5) is 0 Å². The Bertz CT molecular complexity index is 154. The molecule has 0 spiro atoms. The Morgan fingerprint density at radius 1 is 1.21 bits per heavy atom. The van der Waals surface area contributed by atoms with E-state index < -0.39 is 0 Å². The monoisotopic (exact) mass is 199 g/mol. The van der Waals surface area contributed by atoms with E-state index >= 15 is 0 Å². The molecular weight excluding hydrogens is 174 g/mol. The van der Waals surface area contributed by atoms with Crippen molar-refractivity contribution >= 4 is 0 Å². The SMILES string of the molecule is CCCC1(CCC)CN(CC(C)O)C1. The Morgan fingerprint density at radius 2 is 1.71 bits per heavy atom. The molecule has 0 amide bonds. The van der Waals surface area contributed by atoms with Crippen LogP contribution in [0.5, 0.6) is 0 Å². The second kappa shape index (κ2) is 5.13. The molecule has 84 valence electrons. The third-order valence-electron chi connectivity index (χ3n) is 3.20. The van der Waals surface area contributed by atoms with Crippen LogP contribution >= 0.6 is 0 Å². The average molecular weight is 199 g/mol. The number of hydrogen-bond donors (Lipinski definition) is 1. The zero-order valence-corrected chi connectivity index (χ0v) is 9.92. The van der Waals surface area contributed by atoms with Crippen LogP contribution in [0.1, 0.15) is 46.5 Å². The van der Waals surface area contributed by atoms with Gasteiger partial charge < -0.3 is 5.11 Å². The van der Waals surface area contributed by atoms with E-state index in [0.29, 0.717) is 5.41 Å². The summed E-state index contributed by atoms with van der Waals surface area (Å²) in [5, 5.41) is 9.28. The van der Waals surface area contributed by atoms with Crippen molar-refractivity contribution in [3.05, 3.63) is 0 Å². The zero-order chi connectivity index (χ0) is 10.6. The Morgan fingerprint density at radius 3 is 2.07 bits per heavy atom. The molecule has 1 unspecified atom stereocenters. The van der Waals surface area contributed by atoms with E-state index in [1.807, 2.05) is 6.92 Å². The smallest absolute Gasteiger partial charge is 0.0639 e. The molecule has 0 bridgehead atoms. The number of aliphatic hydroxyl groups is 1. The molecule has 0 saturated carbocycles.